The van der Waals surface area contributed by atoms with Crippen molar-refractivity contribution < 1.29 is 19.1 Å². The molecular formula is C16H13ClN2O4. The van der Waals surface area contributed by atoms with Crippen molar-refractivity contribution in [2.24, 2.45) is 0 Å². The van der Waals surface area contributed by atoms with Crippen molar-refractivity contribution >= 4 is 34.8 Å². The van der Waals surface area contributed by atoms with Gasteiger partial charge >= 0.3 is 11.8 Å². The van der Waals surface area contributed by atoms with Crippen LogP contribution in [0.25, 0.3) is 0 Å². The molecule has 0 spiro atoms. The van der Waals surface area contributed by atoms with Crippen LogP contribution in [-0.4, -0.2) is 18.6 Å². The topological polar surface area (TPSA) is 76.7 Å². The second-order valence-electron chi connectivity index (χ2n) is 4.94. The largest absolute Gasteiger partial charge is 0.454 e. The van der Waals surface area contributed by atoms with Crippen molar-refractivity contribution in [1.29, 1.82) is 0 Å². The fourth-order valence-corrected chi connectivity index (χ4v) is 2.24. The van der Waals surface area contributed by atoms with Gasteiger partial charge in [-0.1, -0.05) is 17.7 Å². The van der Waals surface area contributed by atoms with Crippen molar-refractivity contribution in [3.63, 3.8) is 0 Å². The molecule has 23 heavy (non-hydrogen) atoms. The molecule has 2 aromatic rings. The highest BCUT2D eigenvalue weighted by atomic mass is 35.5. The van der Waals surface area contributed by atoms with Gasteiger partial charge < -0.3 is 20.1 Å². The molecule has 0 radical (unpaired) electrons. The van der Waals surface area contributed by atoms with Crippen LogP contribution in [0.1, 0.15) is 5.56 Å². The van der Waals surface area contributed by atoms with Gasteiger partial charge in [-0.25, -0.2) is 0 Å². The van der Waals surface area contributed by atoms with E-state index in [9.17, 15) is 9.59 Å². The molecule has 118 valence electrons. The van der Waals surface area contributed by atoms with Gasteiger partial charge in [0.2, 0.25) is 6.79 Å². The molecule has 1 aliphatic rings. The standard InChI is InChI=1S/C16H13ClN2O4/c1-9-2-3-10(17)6-12(9)19-16(21)15(20)18-11-4-5-13-14(7-11)23-8-22-13/h2-7H,8H2,1H3,(H,18,20)(H,19,21). The Morgan fingerprint density at radius 1 is 1.00 bits per heavy atom. The summed E-state index contributed by atoms with van der Waals surface area (Å²) < 4.78 is 10.4. The summed E-state index contributed by atoms with van der Waals surface area (Å²) in [6, 6.07) is 9.94. The molecule has 0 saturated heterocycles. The molecule has 0 aromatic heterocycles. The number of aryl methyl sites for hydroxylation is 1. The predicted molar refractivity (Wildman–Crippen MR) is 86.0 cm³/mol. The summed E-state index contributed by atoms with van der Waals surface area (Å²) in [7, 11) is 0. The Balaban J connectivity index is 1.68. The van der Waals surface area contributed by atoms with E-state index in [1.165, 1.54) is 0 Å². The van der Waals surface area contributed by atoms with E-state index in [4.69, 9.17) is 21.1 Å². The number of carbonyl (C=O) groups is 2. The van der Waals surface area contributed by atoms with Crippen LogP contribution in [0.5, 0.6) is 11.5 Å². The zero-order valence-corrected chi connectivity index (χ0v) is 12.9. The maximum atomic E-state index is 12.0. The van der Waals surface area contributed by atoms with E-state index in [1.54, 1.807) is 36.4 Å². The van der Waals surface area contributed by atoms with Crippen LogP contribution < -0.4 is 20.1 Å². The zero-order valence-electron chi connectivity index (χ0n) is 12.2. The van der Waals surface area contributed by atoms with E-state index in [1.807, 2.05) is 6.92 Å². The summed E-state index contributed by atoms with van der Waals surface area (Å²) in [5, 5.41) is 5.51. The van der Waals surface area contributed by atoms with Crippen molar-refractivity contribution in [2.45, 2.75) is 6.92 Å². The Hall–Kier alpha value is -2.73. The third kappa shape index (κ3) is 3.37. The van der Waals surface area contributed by atoms with E-state index >= 15 is 0 Å². The third-order valence-electron chi connectivity index (χ3n) is 3.28. The lowest BCUT2D eigenvalue weighted by atomic mass is 10.2. The van der Waals surface area contributed by atoms with E-state index in [-0.39, 0.29) is 6.79 Å². The van der Waals surface area contributed by atoms with Gasteiger partial charge in [-0.2, -0.15) is 0 Å². The first-order valence-corrected chi connectivity index (χ1v) is 7.19. The number of benzene rings is 2. The lowest BCUT2D eigenvalue weighted by Gasteiger charge is -2.09. The quantitative estimate of drug-likeness (QED) is 0.829. The smallest absolute Gasteiger partial charge is 0.314 e. The van der Waals surface area contributed by atoms with E-state index in [0.29, 0.717) is 27.9 Å². The van der Waals surface area contributed by atoms with Gasteiger partial charge in [0.05, 0.1) is 0 Å². The summed E-state index contributed by atoms with van der Waals surface area (Å²) in [4.78, 5) is 24.0. The van der Waals surface area contributed by atoms with Gasteiger partial charge in [-0.15, -0.1) is 0 Å². The molecule has 6 nitrogen and oxygen atoms in total. The van der Waals surface area contributed by atoms with Crippen molar-refractivity contribution in [1.82, 2.24) is 0 Å². The number of fused-ring (bicyclic) bond motifs is 1. The normalized spacial score (nSPS) is 11.9. The molecule has 1 heterocycles. The first kappa shape index (κ1) is 15.2. The third-order valence-corrected chi connectivity index (χ3v) is 3.52. The Morgan fingerprint density at radius 3 is 2.57 bits per heavy atom. The number of hydrogen-bond donors (Lipinski definition) is 2. The molecule has 0 saturated carbocycles. The first-order valence-electron chi connectivity index (χ1n) is 6.81. The van der Waals surface area contributed by atoms with Gasteiger partial charge in [0.25, 0.3) is 0 Å². The van der Waals surface area contributed by atoms with E-state index in [2.05, 4.69) is 10.6 Å². The monoisotopic (exact) mass is 332 g/mol. The predicted octanol–water partition coefficient (Wildman–Crippen LogP) is 2.95. The van der Waals surface area contributed by atoms with Gasteiger partial charge in [-0.05, 0) is 36.8 Å². The van der Waals surface area contributed by atoms with Crippen molar-refractivity contribution in [3.8, 4) is 11.5 Å². The highest BCUT2D eigenvalue weighted by molar-refractivity contribution is 6.43. The van der Waals surface area contributed by atoms with Crippen molar-refractivity contribution in [3.05, 3.63) is 47.0 Å². The summed E-state index contributed by atoms with van der Waals surface area (Å²) in [5.41, 5.74) is 1.74. The highest BCUT2D eigenvalue weighted by Crippen LogP contribution is 2.34. The van der Waals surface area contributed by atoms with Crippen LogP contribution in [-0.2, 0) is 9.59 Å². The van der Waals surface area contributed by atoms with Gasteiger partial charge in [0.1, 0.15) is 0 Å². The average molecular weight is 333 g/mol. The van der Waals surface area contributed by atoms with Crippen LogP contribution in [0, 0.1) is 6.92 Å². The van der Waals surface area contributed by atoms with Crippen LogP contribution in [0.4, 0.5) is 11.4 Å². The van der Waals surface area contributed by atoms with Crippen LogP contribution >= 0.6 is 11.6 Å². The van der Waals surface area contributed by atoms with E-state index < -0.39 is 11.8 Å². The SMILES string of the molecule is Cc1ccc(Cl)cc1NC(=O)C(=O)Nc1ccc2c(c1)OCO2. The minimum atomic E-state index is -0.789. The van der Waals surface area contributed by atoms with Gasteiger partial charge in [-0.3, -0.25) is 9.59 Å². The fraction of sp³-hybridized carbons (Fsp3) is 0.125. The highest BCUT2D eigenvalue weighted by Gasteiger charge is 2.18. The molecule has 0 aliphatic carbocycles. The van der Waals surface area contributed by atoms with Crippen molar-refractivity contribution in [2.75, 3.05) is 17.4 Å². The molecule has 7 heteroatoms. The summed E-state index contributed by atoms with van der Waals surface area (Å²) in [6.07, 6.45) is 0. The van der Waals surface area contributed by atoms with Crippen LogP contribution in [0.2, 0.25) is 5.02 Å². The molecule has 2 amide bonds. The van der Waals surface area contributed by atoms with Crippen LogP contribution in [0.3, 0.4) is 0 Å². The maximum Gasteiger partial charge on any atom is 0.314 e. The second-order valence-corrected chi connectivity index (χ2v) is 5.37. The average Bonchev–Trinajstić information content (AvgIpc) is 2.98. The Kier molecular flexibility index (Phi) is 4.08. The zero-order chi connectivity index (χ0) is 16.4. The molecule has 2 aromatic carbocycles. The number of nitrogens with one attached hydrogen (secondary N) is 2. The number of ether oxygens (including phenoxy) is 2. The first-order chi connectivity index (χ1) is 11.0. The Morgan fingerprint density at radius 2 is 1.74 bits per heavy atom. The lowest BCUT2D eigenvalue weighted by Crippen LogP contribution is -2.29. The second kappa shape index (κ2) is 6.18. The molecular weight excluding hydrogens is 320 g/mol. The molecule has 3 rings (SSSR count). The van der Waals surface area contributed by atoms with E-state index in [0.717, 1.165) is 5.56 Å². The number of anilines is 2. The van der Waals surface area contributed by atoms with Gasteiger partial charge in [0, 0.05) is 22.5 Å². The molecule has 0 fully saturated rings. The molecule has 0 bridgehead atoms. The summed E-state index contributed by atoms with van der Waals surface area (Å²) in [6.45, 7) is 1.95. The number of hydrogen-bond acceptors (Lipinski definition) is 4. The molecule has 2 N–H and O–H groups in total. The Bertz CT molecular complexity index is 792. The number of halogens is 1. The minimum absolute atomic E-state index is 0.140. The fourth-order valence-electron chi connectivity index (χ4n) is 2.07. The maximum absolute atomic E-state index is 12.0. The minimum Gasteiger partial charge on any atom is -0.454 e. The number of carbonyl (C=O) groups excluding carboxylic acids is 2. The summed E-state index contributed by atoms with van der Waals surface area (Å²) in [5.74, 6) is -0.452. The number of amides is 2. The van der Waals surface area contributed by atoms with Crippen LogP contribution in [0.15, 0.2) is 36.4 Å². The Labute approximate surface area is 137 Å². The molecule has 1 aliphatic heterocycles. The van der Waals surface area contributed by atoms with Gasteiger partial charge in [0.15, 0.2) is 11.5 Å². The molecule has 0 unspecified atom stereocenters. The summed E-state index contributed by atoms with van der Waals surface area (Å²) >= 11 is 5.89. The molecule has 0 atom stereocenters. The lowest BCUT2D eigenvalue weighted by molar-refractivity contribution is -0.133. The number of rotatable bonds is 2.